The minimum atomic E-state index is -0.585. The number of benzene rings is 1. The largest absolute Gasteiger partial charge is 0.444 e. The Morgan fingerprint density at radius 1 is 1.00 bits per heavy atom. The van der Waals surface area contributed by atoms with Gasteiger partial charge in [-0.15, -0.1) is 0 Å². The molecule has 0 spiro atoms. The van der Waals surface area contributed by atoms with E-state index in [9.17, 15) is 14.4 Å². The molecule has 1 aromatic carbocycles. The van der Waals surface area contributed by atoms with Gasteiger partial charge < -0.3 is 4.74 Å². The molecule has 0 aliphatic heterocycles. The monoisotopic (exact) mass is 321 g/mol. The maximum absolute atomic E-state index is 11.9. The van der Waals surface area contributed by atoms with Gasteiger partial charge in [0.15, 0.2) is 0 Å². The maximum Gasteiger partial charge on any atom is 0.412 e. The number of rotatable bonds is 3. The number of nitrogens with one attached hydrogen (secondary N) is 3. The van der Waals surface area contributed by atoms with Crippen molar-refractivity contribution in [2.75, 3.05) is 5.32 Å². The number of carbonyl (C=O) groups excluding carboxylic acids is 3. The molecule has 0 aliphatic carbocycles. The van der Waals surface area contributed by atoms with E-state index in [0.29, 0.717) is 11.3 Å². The van der Waals surface area contributed by atoms with Crippen LogP contribution < -0.4 is 16.2 Å². The SMILES string of the molecule is CC(C)C(=O)NNC(=O)c1ccc(NC(=O)OC(C)(C)C)cc1. The summed E-state index contributed by atoms with van der Waals surface area (Å²) in [5, 5.41) is 2.57. The van der Waals surface area contributed by atoms with E-state index < -0.39 is 17.6 Å². The molecule has 7 nitrogen and oxygen atoms in total. The number of hydrazine groups is 1. The summed E-state index contributed by atoms with van der Waals surface area (Å²) in [6.45, 7) is 8.75. The first-order chi connectivity index (χ1) is 10.6. The summed E-state index contributed by atoms with van der Waals surface area (Å²) >= 11 is 0. The summed E-state index contributed by atoms with van der Waals surface area (Å²) in [6.07, 6.45) is -0.570. The number of anilines is 1. The Labute approximate surface area is 135 Å². The maximum atomic E-state index is 11.9. The standard InChI is InChI=1S/C16H23N3O4/c1-10(2)13(20)18-19-14(21)11-6-8-12(9-7-11)17-15(22)23-16(3,4)5/h6-10H,1-5H3,(H,17,22)(H,18,20)(H,19,21). The summed E-state index contributed by atoms with van der Waals surface area (Å²) in [4.78, 5) is 34.9. The van der Waals surface area contributed by atoms with Gasteiger partial charge >= 0.3 is 6.09 Å². The van der Waals surface area contributed by atoms with E-state index in [-0.39, 0.29) is 11.8 Å². The molecule has 0 saturated heterocycles. The molecule has 1 aromatic rings. The Hall–Kier alpha value is -2.57. The molecule has 23 heavy (non-hydrogen) atoms. The van der Waals surface area contributed by atoms with Crippen LogP contribution in [0.15, 0.2) is 24.3 Å². The highest BCUT2D eigenvalue weighted by atomic mass is 16.6. The second kappa shape index (κ2) is 7.62. The molecule has 3 N–H and O–H groups in total. The molecule has 0 unspecified atom stereocenters. The number of amides is 3. The van der Waals surface area contributed by atoms with Gasteiger partial charge in [0.25, 0.3) is 5.91 Å². The van der Waals surface area contributed by atoms with Gasteiger partial charge in [0.05, 0.1) is 0 Å². The average Bonchev–Trinajstić information content (AvgIpc) is 2.42. The lowest BCUT2D eigenvalue weighted by Crippen LogP contribution is -2.43. The molecule has 0 fully saturated rings. The predicted octanol–water partition coefficient (Wildman–Crippen LogP) is 2.45. The van der Waals surface area contributed by atoms with Crippen molar-refractivity contribution in [1.82, 2.24) is 10.9 Å². The predicted molar refractivity (Wildman–Crippen MR) is 86.7 cm³/mol. The highest BCUT2D eigenvalue weighted by Crippen LogP contribution is 2.12. The van der Waals surface area contributed by atoms with Crippen LogP contribution in [-0.2, 0) is 9.53 Å². The summed E-state index contributed by atoms with van der Waals surface area (Å²) < 4.78 is 5.13. The number of ether oxygens (including phenoxy) is 1. The second-order valence-electron chi connectivity index (χ2n) is 6.30. The van der Waals surface area contributed by atoms with Crippen LogP contribution in [0.4, 0.5) is 10.5 Å². The van der Waals surface area contributed by atoms with Gasteiger partial charge in [-0.1, -0.05) is 13.8 Å². The van der Waals surface area contributed by atoms with Crippen LogP contribution in [0.2, 0.25) is 0 Å². The van der Waals surface area contributed by atoms with Crippen LogP contribution in [0.1, 0.15) is 45.0 Å². The molecule has 7 heteroatoms. The van der Waals surface area contributed by atoms with Gasteiger partial charge in [-0.3, -0.25) is 25.8 Å². The fraction of sp³-hybridized carbons (Fsp3) is 0.438. The van der Waals surface area contributed by atoms with Crippen molar-refractivity contribution in [3.05, 3.63) is 29.8 Å². The van der Waals surface area contributed by atoms with Crippen LogP contribution in [0.25, 0.3) is 0 Å². The van der Waals surface area contributed by atoms with Crippen molar-refractivity contribution < 1.29 is 19.1 Å². The van der Waals surface area contributed by atoms with Crippen molar-refractivity contribution in [3.8, 4) is 0 Å². The molecule has 1 rings (SSSR count). The molecule has 0 saturated carbocycles. The Morgan fingerprint density at radius 3 is 2.04 bits per heavy atom. The van der Waals surface area contributed by atoms with E-state index >= 15 is 0 Å². The van der Waals surface area contributed by atoms with E-state index in [4.69, 9.17) is 4.74 Å². The Bertz CT molecular complexity index is 574. The fourth-order valence-electron chi connectivity index (χ4n) is 1.46. The van der Waals surface area contributed by atoms with Crippen LogP contribution >= 0.6 is 0 Å². The van der Waals surface area contributed by atoms with Crippen molar-refractivity contribution >= 4 is 23.6 Å². The molecule has 0 radical (unpaired) electrons. The van der Waals surface area contributed by atoms with Crippen LogP contribution in [0.3, 0.4) is 0 Å². The smallest absolute Gasteiger partial charge is 0.412 e. The fourth-order valence-corrected chi connectivity index (χ4v) is 1.46. The molecular formula is C16H23N3O4. The first-order valence-electron chi connectivity index (χ1n) is 7.29. The number of carbonyl (C=O) groups is 3. The Balaban J connectivity index is 2.57. The molecule has 126 valence electrons. The normalized spacial score (nSPS) is 10.9. The van der Waals surface area contributed by atoms with Crippen molar-refractivity contribution in [1.29, 1.82) is 0 Å². The molecule has 0 aliphatic rings. The third kappa shape index (κ3) is 6.82. The van der Waals surface area contributed by atoms with Gasteiger partial charge in [0.2, 0.25) is 5.91 Å². The lowest BCUT2D eigenvalue weighted by Gasteiger charge is -2.19. The zero-order valence-corrected chi connectivity index (χ0v) is 14.0. The highest BCUT2D eigenvalue weighted by Gasteiger charge is 2.16. The molecular weight excluding hydrogens is 298 g/mol. The third-order valence-corrected chi connectivity index (χ3v) is 2.62. The van der Waals surface area contributed by atoms with E-state index in [1.807, 2.05) is 0 Å². The third-order valence-electron chi connectivity index (χ3n) is 2.62. The van der Waals surface area contributed by atoms with Gasteiger partial charge in [0.1, 0.15) is 5.60 Å². The zero-order valence-electron chi connectivity index (χ0n) is 14.0. The zero-order chi connectivity index (χ0) is 17.6. The molecule has 0 aromatic heterocycles. The first-order valence-corrected chi connectivity index (χ1v) is 7.29. The average molecular weight is 321 g/mol. The van der Waals surface area contributed by atoms with Crippen molar-refractivity contribution in [2.24, 2.45) is 5.92 Å². The number of hydrogen-bond donors (Lipinski definition) is 3. The lowest BCUT2D eigenvalue weighted by atomic mass is 10.2. The van der Waals surface area contributed by atoms with Crippen molar-refractivity contribution in [3.63, 3.8) is 0 Å². The second-order valence-corrected chi connectivity index (χ2v) is 6.30. The molecule has 3 amide bonds. The summed E-state index contributed by atoms with van der Waals surface area (Å²) in [6, 6.07) is 6.21. The minimum Gasteiger partial charge on any atom is -0.444 e. The number of hydrogen-bond acceptors (Lipinski definition) is 4. The first kappa shape index (κ1) is 18.5. The lowest BCUT2D eigenvalue weighted by molar-refractivity contribution is -0.124. The summed E-state index contributed by atoms with van der Waals surface area (Å²) in [7, 11) is 0. The van der Waals surface area contributed by atoms with Crippen LogP contribution in [-0.4, -0.2) is 23.5 Å². The summed E-state index contributed by atoms with van der Waals surface area (Å²) in [5.41, 5.74) is 4.91. The Kier molecular flexibility index (Phi) is 6.12. The van der Waals surface area contributed by atoms with Gasteiger partial charge in [-0.05, 0) is 45.0 Å². The highest BCUT2D eigenvalue weighted by molar-refractivity contribution is 5.96. The van der Waals surface area contributed by atoms with E-state index in [1.54, 1.807) is 46.8 Å². The summed E-state index contributed by atoms with van der Waals surface area (Å²) in [5.74, 6) is -0.944. The van der Waals surface area contributed by atoms with Gasteiger partial charge in [-0.2, -0.15) is 0 Å². The van der Waals surface area contributed by atoms with Gasteiger partial charge in [-0.25, -0.2) is 4.79 Å². The van der Waals surface area contributed by atoms with E-state index in [1.165, 1.54) is 12.1 Å². The quantitative estimate of drug-likeness (QED) is 0.745. The molecule has 0 atom stereocenters. The van der Waals surface area contributed by atoms with Gasteiger partial charge in [0, 0.05) is 17.2 Å². The topological polar surface area (TPSA) is 96.5 Å². The van der Waals surface area contributed by atoms with Crippen molar-refractivity contribution in [2.45, 2.75) is 40.2 Å². The van der Waals surface area contributed by atoms with Crippen LogP contribution in [0.5, 0.6) is 0 Å². The van der Waals surface area contributed by atoms with E-state index in [0.717, 1.165) is 0 Å². The molecule has 0 bridgehead atoms. The van der Waals surface area contributed by atoms with Crippen LogP contribution in [0, 0.1) is 5.92 Å². The Morgan fingerprint density at radius 2 is 1.57 bits per heavy atom. The minimum absolute atomic E-state index is 0.226. The van der Waals surface area contributed by atoms with E-state index in [2.05, 4.69) is 16.2 Å². The molecule has 0 heterocycles.